The van der Waals surface area contributed by atoms with Crippen LogP contribution in [-0.4, -0.2) is 32.4 Å². The van der Waals surface area contributed by atoms with E-state index in [0.29, 0.717) is 38.4 Å². The van der Waals surface area contributed by atoms with E-state index in [4.69, 9.17) is 5.73 Å². The maximum Gasteiger partial charge on any atom is 0.301 e. The molecule has 0 aromatic heterocycles. The van der Waals surface area contributed by atoms with Gasteiger partial charge in [-0.15, -0.1) is 0 Å². The number of nitrogens with two attached hydrogens (primary N) is 1. The molecule has 1 aliphatic rings. The molecule has 0 amide bonds. The predicted molar refractivity (Wildman–Crippen MR) is 77.0 cm³/mol. The van der Waals surface area contributed by atoms with E-state index >= 15 is 0 Å². The molecule has 8 heteroatoms. The third kappa shape index (κ3) is 3.50. The molecule has 0 aliphatic carbocycles. The van der Waals surface area contributed by atoms with Gasteiger partial charge in [0, 0.05) is 13.1 Å². The average Bonchev–Trinajstić information content (AvgIpc) is 2.48. The Bertz CT molecular complexity index is 614. The van der Waals surface area contributed by atoms with Gasteiger partial charge in [-0.1, -0.05) is 6.07 Å². The fourth-order valence-corrected chi connectivity index (χ4v) is 3.59. The van der Waals surface area contributed by atoms with Crippen molar-refractivity contribution in [2.45, 2.75) is 19.8 Å². The first kappa shape index (κ1) is 16.1. The molecule has 118 valence electrons. The Labute approximate surface area is 123 Å². The van der Waals surface area contributed by atoms with Crippen molar-refractivity contribution in [2.24, 2.45) is 11.7 Å². The summed E-state index contributed by atoms with van der Waals surface area (Å²) >= 11 is 0. The minimum absolute atomic E-state index is 0.177. The van der Waals surface area contributed by atoms with Gasteiger partial charge in [0.15, 0.2) is 5.82 Å². The van der Waals surface area contributed by atoms with E-state index in [9.17, 15) is 17.2 Å². The first-order valence-electron chi connectivity index (χ1n) is 6.77. The van der Waals surface area contributed by atoms with Crippen LogP contribution in [0.5, 0.6) is 0 Å². The van der Waals surface area contributed by atoms with Gasteiger partial charge in [0.2, 0.25) is 0 Å². The van der Waals surface area contributed by atoms with E-state index in [1.807, 2.05) is 4.72 Å². The summed E-state index contributed by atoms with van der Waals surface area (Å²) in [6, 6.07) is 2.30. The number of halogens is 2. The summed E-state index contributed by atoms with van der Waals surface area (Å²) in [5.41, 5.74) is 5.10. The van der Waals surface area contributed by atoms with E-state index in [2.05, 4.69) is 0 Å². The van der Waals surface area contributed by atoms with Crippen molar-refractivity contribution in [2.75, 3.05) is 24.4 Å². The number of benzene rings is 1. The molecule has 0 saturated carbocycles. The van der Waals surface area contributed by atoms with Gasteiger partial charge in [0.1, 0.15) is 11.5 Å². The van der Waals surface area contributed by atoms with Crippen LogP contribution in [0.1, 0.15) is 18.4 Å². The molecule has 1 heterocycles. The summed E-state index contributed by atoms with van der Waals surface area (Å²) in [5, 5.41) is 0. The highest BCUT2D eigenvalue weighted by Gasteiger charge is 2.29. The van der Waals surface area contributed by atoms with Crippen molar-refractivity contribution < 1.29 is 17.2 Å². The summed E-state index contributed by atoms with van der Waals surface area (Å²) in [6.45, 7) is 2.56. The van der Waals surface area contributed by atoms with Crippen molar-refractivity contribution in [3.63, 3.8) is 0 Å². The van der Waals surface area contributed by atoms with Crippen LogP contribution in [0.3, 0.4) is 0 Å². The van der Waals surface area contributed by atoms with Gasteiger partial charge < -0.3 is 5.73 Å². The molecule has 0 radical (unpaired) electrons. The molecule has 3 N–H and O–H groups in total. The Morgan fingerprint density at radius 2 is 1.95 bits per heavy atom. The van der Waals surface area contributed by atoms with Crippen LogP contribution >= 0.6 is 0 Å². The van der Waals surface area contributed by atoms with Gasteiger partial charge in [0.05, 0.1) is 0 Å². The van der Waals surface area contributed by atoms with Crippen LogP contribution in [0, 0.1) is 24.5 Å². The lowest BCUT2D eigenvalue weighted by molar-refractivity contribution is 0.279. The maximum absolute atomic E-state index is 13.9. The Morgan fingerprint density at radius 1 is 1.33 bits per heavy atom. The van der Waals surface area contributed by atoms with Crippen LogP contribution in [0.15, 0.2) is 12.1 Å². The topological polar surface area (TPSA) is 75.4 Å². The second kappa shape index (κ2) is 6.25. The van der Waals surface area contributed by atoms with Crippen LogP contribution in [0.4, 0.5) is 14.5 Å². The number of aryl methyl sites for hydroxylation is 1. The second-order valence-corrected chi connectivity index (χ2v) is 6.91. The normalized spacial score (nSPS) is 17.9. The highest BCUT2D eigenvalue weighted by molar-refractivity contribution is 7.90. The summed E-state index contributed by atoms with van der Waals surface area (Å²) in [4.78, 5) is 0. The summed E-state index contributed by atoms with van der Waals surface area (Å²) in [6.07, 6.45) is 1.30. The van der Waals surface area contributed by atoms with E-state index in [0.717, 1.165) is 6.07 Å². The molecule has 0 bridgehead atoms. The number of anilines is 1. The first-order valence-corrected chi connectivity index (χ1v) is 8.21. The Morgan fingerprint density at radius 3 is 2.52 bits per heavy atom. The smallest absolute Gasteiger partial charge is 0.301 e. The van der Waals surface area contributed by atoms with Crippen LogP contribution in [-0.2, 0) is 10.2 Å². The zero-order valence-corrected chi connectivity index (χ0v) is 12.6. The molecule has 0 spiro atoms. The quantitative estimate of drug-likeness (QED) is 0.885. The Kier molecular flexibility index (Phi) is 4.80. The first-order chi connectivity index (χ1) is 9.85. The third-order valence-corrected chi connectivity index (χ3v) is 5.27. The van der Waals surface area contributed by atoms with E-state index in [1.54, 1.807) is 0 Å². The van der Waals surface area contributed by atoms with Crippen molar-refractivity contribution >= 4 is 15.9 Å². The molecule has 21 heavy (non-hydrogen) atoms. The molecule has 2 rings (SSSR count). The Hall–Kier alpha value is -1.25. The number of piperidine rings is 1. The summed E-state index contributed by atoms with van der Waals surface area (Å²) in [5.74, 6) is -1.53. The lowest BCUT2D eigenvalue weighted by Crippen LogP contribution is -2.43. The number of nitrogens with zero attached hydrogens (tertiary/aromatic N) is 1. The van der Waals surface area contributed by atoms with E-state index < -0.39 is 27.5 Å². The maximum atomic E-state index is 13.9. The molecule has 1 fully saturated rings. The number of hydrogen-bond acceptors (Lipinski definition) is 3. The van der Waals surface area contributed by atoms with Crippen LogP contribution in [0.25, 0.3) is 0 Å². The third-order valence-electron chi connectivity index (χ3n) is 3.76. The van der Waals surface area contributed by atoms with E-state index in [1.165, 1.54) is 17.3 Å². The van der Waals surface area contributed by atoms with Crippen molar-refractivity contribution in [1.82, 2.24) is 4.31 Å². The van der Waals surface area contributed by atoms with Gasteiger partial charge >= 0.3 is 10.2 Å². The average molecular weight is 319 g/mol. The minimum atomic E-state index is -3.97. The number of hydrogen-bond donors (Lipinski definition) is 2. The monoisotopic (exact) mass is 319 g/mol. The molecule has 5 nitrogen and oxygen atoms in total. The van der Waals surface area contributed by atoms with Gasteiger partial charge in [-0.25, -0.2) is 8.78 Å². The van der Waals surface area contributed by atoms with E-state index in [-0.39, 0.29) is 5.56 Å². The van der Waals surface area contributed by atoms with Crippen LogP contribution in [0.2, 0.25) is 0 Å². The largest absolute Gasteiger partial charge is 0.330 e. The van der Waals surface area contributed by atoms with Crippen molar-refractivity contribution in [3.05, 3.63) is 29.3 Å². The van der Waals surface area contributed by atoms with Crippen LogP contribution < -0.4 is 10.5 Å². The molecule has 1 aliphatic heterocycles. The van der Waals surface area contributed by atoms with Gasteiger partial charge in [-0.2, -0.15) is 12.7 Å². The molecule has 0 unspecified atom stereocenters. The van der Waals surface area contributed by atoms with Gasteiger partial charge in [0.25, 0.3) is 0 Å². The summed E-state index contributed by atoms with van der Waals surface area (Å²) < 4.78 is 55.2. The predicted octanol–water partition coefficient (Wildman–Crippen LogP) is 1.60. The summed E-state index contributed by atoms with van der Waals surface area (Å²) in [7, 11) is -3.97. The lowest BCUT2D eigenvalue weighted by Gasteiger charge is -2.30. The molecule has 1 aromatic carbocycles. The van der Waals surface area contributed by atoms with Gasteiger partial charge in [-0.05, 0) is 43.9 Å². The SMILES string of the molecule is Cc1ccc(F)c(NS(=O)(=O)N2CCC(CN)CC2)c1F. The second-order valence-electron chi connectivity index (χ2n) is 5.24. The highest BCUT2D eigenvalue weighted by Crippen LogP contribution is 2.25. The standard InChI is InChI=1S/C13H19F2N3O2S/c1-9-2-3-11(14)13(12(9)15)17-21(19,20)18-6-4-10(8-16)5-7-18/h2-3,10,17H,4-8,16H2,1H3. The number of nitrogens with one attached hydrogen (secondary N) is 1. The molecular formula is C13H19F2N3O2S. The molecule has 1 aromatic rings. The van der Waals surface area contributed by atoms with Gasteiger partial charge in [-0.3, -0.25) is 4.72 Å². The zero-order valence-electron chi connectivity index (χ0n) is 11.8. The fourth-order valence-electron chi connectivity index (χ4n) is 2.33. The fraction of sp³-hybridized carbons (Fsp3) is 0.538. The molecule has 0 atom stereocenters. The Balaban J connectivity index is 2.17. The van der Waals surface area contributed by atoms with Crippen molar-refractivity contribution in [3.8, 4) is 0 Å². The molecule has 1 saturated heterocycles. The lowest BCUT2D eigenvalue weighted by atomic mass is 9.99. The highest BCUT2D eigenvalue weighted by atomic mass is 32.2. The minimum Gasteiger partial charge on any atom is -0.330 e. The number of rotatable bonds is 4. The zero-order chi connectivity index (χ0) is 15.6. The van der Waals surface area contributed by atoms with Crippen molar-refractivity contribution in [1.29, 1.82) is 0 Å². The molecular weight excluding hydrogens is 300 g/mol.